The van der Waals surface area contributed by atoms with Gasteiger partial charge in [-0.15, -0.1) is 0 Å². The molecule has 24 heavy (non-hydrogen) atoms. The highest BCUT2D eigenvalue weighted by Crippen LogP contribution is 2.39. The summed E-state index contributed by atoms with van der Waals surface area (Å²) in [6.45, 7) is 2.00. The van der Waals surface area contributed by atoms with E-state index in [1.54, 1.807) is 11.8 Å². The van der Waals surface area contributed by atoms with E-state index < -0.39 is 23.8 Å². The maximum atomic E-state index is 14.2. The predicted molar refractivity (Wildman–Crippen MR) is 81.4 cm³/mol. The molecule has 1 saturated heterocycles. The second-order valence-corrected chi connectivity index (χ2v) is 5.87. The number of aliphatic hydroxyl groups excluding tert-OH is 1. The molecule has 3 heterocycles. The number of aryl methyl sites for hydroxylation is 1. The first kappa shape index (κ1) is 14.9. The fourth-order valence-corrected chi connectivity index (χ4v) is 3.23. The lowest BCUT2D eigenvalue weighted by Crippen LogP contribution is -2.26. The van der Waals surface area contributed by atoms with Gasteiger partial charge in [-0.3, -0.25) is 0 Å². The molecule has 0 spiro atoms. The summed E-state index contributed by atoms with van der Waals surface area (Å²) in [5, 5.41) is 14.6. The van der Waals surface area contributed by atoms with Crippen LogP contribution in [0, 0.1) is 18.6 Å². The van der Waals surface area contributed by atoms with E-state index in [1.807, 2.05) is 0 Å². The van der Waals surface area contributed by atoms with Gasteiger partial charge >= 0.3 is 0 Å². The second kappa shape index (κ2) is 5.48. The van der Waals surface area contributed by atoms with Gasteiger partial charge in [-0.25, -0.2) is 13.8 Å². The van der Waals surface area contributed by atoms with Crippen molar-refractivity contribution >= 4 is 16.9 Å². The number of benzene rings is 1. The van der Waals surface area contributed by atoms with Crippen LogP contribution in [-0.4, -0.2) is 32.9 Å². The Morgan fingerprint density at radius 1 is 1.29 bits per heavy atom. The largest absolute Gasteiger partial charge is 0.391 e. The number of anilines is 1. The molecule has 6 nitrogen and oxygen atoms in total. The monoisotopic (exact) mass is 332 g/mol. The average molecular weight is 332 g/mol. The van der Waals surface area contributed by atoms with Crippen LogP contribution in [0.3, 0.4) is 0 Å². The summed E-state index contributed by atoms with van der Waals surface area (Å²) in [5.41, 5.74) is 1.10. The van der Waals surface area contributed by atoms with Crippen LogP contribution in [0.25, 0.3) is 11.1 Å². The highest BCUT2D eigenvalue weighted by Gasteiger charge is 2.36. The van der Waals surface area contributed by atoms with Crippen LogP contribution in [0.1, 0.15) is 23.7 Å². The minimum atomic E-state index is -0.678. The maximum Gasteiger partial charge on any atom is 0.263 e. The van der Waals surface area contributed by atoms with E-state index in [0.29, 0.717) is 22.6 Å². The van der Waals surface area contributed by atoms with E-state index in [2.05, 4.69) is 15.1 Å². The maximum absolute atomic E-state index is 14.2. The van der Waals surface area contributed by atoms with Crippen molar-refractivity contribution in [2.24, 2.45) is 0 Å². The van der Waals surface area contributed by atoms with E-state index >= 15 is 0 Å². The molecule has 0 radical (unpaired) electrons. The van der Waals surface area contributed by atoms with Gasteiger partial charge in [0.05, 0.1) is 17.8 Å². The van der Waals surface area contributed by atoms with Crippen molar-refractivity contribution in [2.45, 2.75) is 25.5 Å². The first-order valence-corrected chi connectivity index (χ1v) is 7.51. The van der Waals surface area contributed by atoms with Crippen molar-refractivity contribution in [3.8, 4) is 0 Å². The number of hydrogen-bond donors (Lipinski definition) is 1. The Kier molecular flexibility index (Phi) is 3.42. The van der Waals surface area contributed by atoms with Crippen molar-refractivity contribution < 1.29 is 18.4 Å². The van der Waals surface area contributed by atoms with Gasteiger partial charge < -0.3 is 14.5 Å². The van der Waals surface area contributed by atoms with Crippen LogP contribution in [-0.2, 0) is 0 Å². The summed E-state index contributed by atoms with van der Waals surface area (Å²) in [4.78, 5) is 10.0. The topological polar surface area (TPSA) is 75.3 Å². The van der Waals surface area contributed by atoms with Crippen LogP contribution < -0.4 is 4.90 Å². The van der Waals surface area contributed by atoms with Gasteiger partial charge in [0.15, 0.2) is 0 Å². The van der Waals surface area contributed by atoms with Crippen molar-refractivity contribution in [2.75, 3.05) is 11.4 Å². The molecule has 0 amide bonds. The normalized spacial score (nSPS) is 20.9. The number of β-amino-alcohol motifs (C(OH)–C–C–N with tert-alkyl or cyclic N) is 1. The predicted octanol–water partition coefficient (Wildman–Crippen LogP) is 2.52. The van der Waals surface area contributed by atoms with Crippen molar-refractivity contribution in [3.05, 3.63) is 47.4 Å². The molecule has 2 aromatic heterocycles. The summed E-state index contributed by atoms with van der Waals surface area (Å²) < 4.78 is 33.0. The number of fused-ring (bicyclic) bond motifs is 1. The lowest BCUT2D eigenvalue weighted by atomic mass is 10.0. The third-order valence-electron chi connectivity index (χ3n) is 4.29. The average Bonchev–Trinajstić information content (AvgIpc) is 3.13. The Balaban J connectivity index is 1.86. The fourth-order valence-electron chi connectivity index (χ4n) is 3.23. The molecule has 2 atom stereocenters. The molecule has 3 aromatic rings. The number of aromatic nitrogens is 3. The van der Waals surface area contributed by atoms with Crippen molar-refractivity contribution in [3.63, 3.8) is 0 Å². The van der Waals surface area contributed by atoms with E-state index in [9.17, 15) is 13.9 Å². The smallest absolute Gasteiger partial charge is 0.263 e. The molecule has 4 rings (SSSR count). The van der Waals surface area contributed by atoms with Gasteiger partial charge in [0, 0.05) is 12.1 Å². The minimum absolute atomic E-state index is 0.187. The van der Waals surface area contributed by atoms with Crippen LogP contribution in [0.15, 0.2) is 29.0 Å². The fraction of sp³-hybridized carbons (Fsp3) is 0.312. The van der Waals surface area contributed by atoms with Crippen LogP contribution in [0.4, 0.5) is 14.6 Å². The number of rotatable bonds is 2. The number of hydrogen-bond acceptors (Lipinski definition) is 6. The summed E-state index contributed by atoms with van der Waals surface area (Å²) in [6.07, 6.45) is 0.921. The molecule has 1 fully saturated rings. The van der Waals surface area contributed by atoms with Gasteiger partial charge in [0.1, 0.15) is 29.2 Å². The highest BCUT2D eigenvalue weighted by atomic mass is 19.1. The minimum Gasteiger partial charge on any atom is -0.391 e. The number of nitrogens with zero attached hydrogens (tertiary/aromatic N) is 4. The van der Waals surface area contributed by atoms with E-state index in [0.717, 1.165) is 18.2 Å². The molecule has 1 aromatic carbocycles. The first-order chi connectivity index (χ1) is 11.5. The Labute approximate surface area is 135 Å². The number of halogens is 2. The van der Waals surface area contributed by atoms with Crippen molar-refractivity contribution in [1.82, 2.24) is 15.1 Å². The van der Waals surface area contributed by atoms with Gasteiger partial charge in [-0.1, -0.05) is 5.16 Å². The summed E-state index contributed by atoms with van der Waals surface area (Å²) >= 11 is 0. The van der Waals surface area contributed by atoms with Crippen molar-refractivity contribution in [1.29, 1.82) is 0 Å². The van der Waals surface area contributed by atoms with Crippen LogP contribution >= 0.6 is 0 Å². The number of aliphatic hydroxyl groups is 1. The Morgan fingerprint density at radius 2 is 2.12 bits per heavy atom. The van der Waals surface area contributed by atoms with Crippen LogP contribution in [0.5, 0.6) is 0 Å². The first-order valence-electron chi connectivity index (χ1n) is 7.51. The van der Waals surface area contributed by atoms with Crippen LogP contribution in [0.2, 0.25) is 0 Å². The lowest BCUT2D eigenvalue weighted by molar-refractivity contribution is 0.194. The van der Waals surface area contributed by atoms with Gasteiger partial charge in [0.2, 0.25) is 0 Å². The highest BCUT2D eigenvalue weighted by molar-refractivity contribution is 5.88. The zero-order valence-corrected chi connectivity index (χ0v) is 12.8. The zero-order valence-electron chi connectivity index (χ0n) is 12.8. The summed E-state index contributed by atoms with van der Waals surface area (Å²) in [7, 11) is 0. The van der Waals surface area contributed by atoms with Gasteiger partial charge in [0.25, 0.3) is 5.71 Å². The summed E-state index contributed by atoms with van der Waals surface area (Å²) in [6, 6.07) is 2.78. The molecular formula is C16H14F2N4O2. The van der Waals surface area contributed by atoms with E-state index in [4.69, 9.17) is 4.52 Å². The Morgan fingerprint density at radius 3 is 2.96 bits per heavy atom. The molecule has 0 saturated carbocycles. The summed E-state index contributed by atoms with van der Waals surface area (Å²) in [5.74, 6) is -0.557. The van der Waals surface area contributed by atoms with Gasteiger partial charge in [-0.05, 0) is 31.5 Å². The molecule has 1 aliphatic heterocycles. The van der Waals surface area contributed by atoms with Gasteiger partial charge in [-0.2, -0.15) is 4.98 Å². The Hall–Kier alpha value is -2.61. The van der Waals surface area contributed by atoms with E-state index in [1.165, 1.54) is 6.33 Å². The molecule has 2 unspecified atom stereocenters. The SMILES string of the molecule is Cc1noc2ncnc(N3CC(O)CC3c3cc(F)ccc3F)c12. The molecule has 0 aliphatic carbocycles. The van der Waals surface area contributed by atoms with E-state index in [-0.39, 0.29) is 18.5 Å². The molecule has 124 valence electrons. The molecule has 0 bridgehead atoms. The second-order valence-electron chi connectivity index (χ2n) is 5.87. The quantitative estimate of drug-likeness (QED) is 0.777. The zero-order chi connectivity index (χ0) is 16.8. The lowest BCUT2D eigenvalue weighted by Gasteiger charge is -2.26. The molecule has 8 heteroatoms. The standard InChI is InChI=1S/C16H14F2N4O2/c1-8-14-15(19-7-20-16(14)24-21-8)22-6-10(23)5-13(22)11-4-9(17)2-3-12(11)18/h2-4,7,10,13,23H,5-6H2,1H3. The third-order valence-corrected chi connectivity index (χ3v) is 4.29. The molecule has 1 N–H and O–H groups in total. The Bertz CT molecular complexity index is 914. The third kappa shape index (κ3) is 2.30. The molecule has 1 aliphatic rings. The molecular weight excluding hydrogens is 318 g/mol.